The summed E-state index contributed by atoms with van der Waals surface area (Å²) < 4.78 is 4.85. The Balaban J connectivity index is 2.15. The molecule has 5 heteroatoms. The van der Waals surface area contributed by atoms with Crippen LogP contribution < -0.4 is 0 Å². The molecule has 0 N–H and O–H groups in total. The van der Waals surface area contributed by atoms with Crippen LogP contribution in [0.3, 0.4) is 0 Å². The number of hydrogen-bond acceptors (Lipinski definition) is 4. The van der Waals surface area contributed by atoms with Crippen molar-refractivity contribution in [2.75, 3.05) is 13.2 Å². The van der Waals surface area contributed by atoms with Gasteiger partial charge in [0.15, 0.2) is 0 Å². The quantitative estimate of drug-likeness (QED) is 0.803. The summed E-state index contributed by atoms with van der Waals surface area (Å²) in [6, 6.07) is 8.06. The van der Waals surface area contributed by atoms with E-state index in [0.717, 1.165) is 16.8 Å². The van der Waals surface area contributed by atoms with Crippen LogP contribution in [0.5, 0.6) is 0 Å². The van der Waals surface area contributed by atoms with E-state index in [9.17, 15) is 9.59 Å². The van der Waals surface area contributed by atoms with Gasteiger partial charge >= 0.3 is 5.97 Å². The third-order valence-electron chi connectivity index (χ3n) is 3.37. The summed E-state index contributed by atoms with van der Waals surface area (Å²) in [5, 5.41) is 5.39. The van der Waals surface area contributed by atoms with Crippen molar-refractivity contribution in [2.45, 2.75) is 27.2 Å². The number of hydrazone groups is 1. The van der Waals surface area contributed by atoms with E-state index in [2.05, 4.69) is 5.10 Å². The number of hydrogen-bond donors (Lipinski definition) is 0. The summed E-state index contributed by atoms with van der Waals surface area (Å²) in [6.07, 6.45) is 2.19. The lowest BCUT2D eigenvalue weighted by molar-refractivity contribution is -0.148. The SMILES string of the molecule is CCOC(=O)CN1N=C(C)/C(=C/c2ccc(C)cc2)CC1=O. The molecule has 0 saturated carbocycles. The van der Waals surface area contributed by atoms with E-state index < -0.39 is 5.97 Å². The van der Waals surface area contributed by atoms with Gasteiger partial charge in [0, 0.05) is 0 Å². The topological polar surface area (TPSA) is 59.0 Å². The van der Waals surface area contributed by atoms with Crippen molar-refractivity contribution in [3.63, 3.8) is 0 Å². The Hall–Kier alpha value is -2.43. The Labute approximate surface area is 130 Å². The van der Waals surface area contributed by atoms with Crippen LogP contribution in [0, 0.1) is 6.92 Å². The highest BCUT2D eigenvalue weighted by Gasteiger charge is 2.24. The molecule has 0 radical (unpaired) electrons. The predicted octanol–water partition coefficient (Wildman–Crippen LogP) is 2.55. The van der Waals surface area contributed by atoms with E-state index >= 15 is 0 Å². The highest BCUT2D eigenvalue weighted by atomic mass is 16.5. The van der Waals surface area contributed by atoms with Gasteiger partial charge in [0.25, 0.3) is 0 Å². The summed E-state index contributed by atoms with van der Waals surface area (Å²) >= 11 is 0. The Bertz CT molecular complexity index is 630. The smallest absolute Gasteiger partial charge is 0.327 e. The number of ether oxygens (including phenoxy) is 1. The van der Waals surface area contributed by atoms with E-state index in [4.69, 9.17) is 4.74 Å². The number of esters is 1. The molecule has 22 heavy (non-hydrogen) atoms. The lowest BCUT2D eigenvalue weighted by atomic mass is 10.0. The fourth-order valence-corrected chi connectivity index (χ4v) is 2.15. The third-order valence-corrected chi connectivity index (χ3v) is 3.37. The molecule has 0 saturated heterocycles. The van der Waals surface area contributed by atoms with Crippen molar-refractivity contribution in [1.82, 2.24) is 5.01 Å². The van der Waals surface area contributed by atoms with Gasteiger partial charge in [0.1, 0.15) is 6.54 Å². The molecule has 5 nitrogen and oxygen atoms in total. The minimum Gasteiger partial charge on any atom is -0.465 e. The van der Waals surface area contributed by atoms with Gasteiger partial charge < -0.3 is 4.74 Å². The number of benzene rings is 1. The van der Waals surface area contributed by atoms with Crippen molar-refractivity contribution in [3.05, 3.63) is 41.0 Å². The fourth-order valence-electron chi connectivity index (χ4n) is 2.15. The molecular weight excluding hydrogens is 280 g/mol. The van der Waals surface area contributed by atoms with E-state index in [-0.39, 0.29) is 18.9 Å². The molecule has 0 fully saturated rings. The van der Waals surface area contributed by atoms with Gasteiger partial charge in [0.05, 0.1) is 18.7 Å². The molecule has 1 aliphatic rings. The van der Waals surface area contributed by atoms with Crippen LogP contribution >= 0.6 is 0 Å². The maximum Gasteiger partial charge on any atom is 0.327 e. The van der Waals surface area contributed by atoms with Crippen molar-refractivity contribution >= 4 is 23.7 Å². The molecule has 1 aromatic carbocycles. The van der Waals surface area contributed by atoms with Crippen LogP contribution in [0.4, 0.5) is 0 Å². The minimum atomic E-state index is -0.446. The maximum atomic E-state index is 12.1. The molecule has 0 unspecified atom stereocenters. The average molecular weight is 300 g/mol. The number of nitrogens with zero attached hydrogens (tertiary/aromatic N) is 2. The zero-order chi connectivity index (χ0) is 16.1. The van der Waals surface area contributed by atoms with Crippen molar-refractivity contribution in [2.24, 2.45) is 5.10 Å². The molecule has 1 heterocycles. The zero-order valence-corrected chi connectivity index (χ0v) is 13.1. The molecule has 1 aliphatic heterocycles. The first-order valence-corrected chi connectivity index (χ1v) is 7.28. The van der Waals surface area contributed by atoms with Gasteiger partial charge in [0.2, 0.25) is 5.91 Å². The molecule has 0 aliphatic carbocycles. The Kier molecular flexibility index (Phi) is 5.09. The summed E-state index contributed by atoms with van der Waals surface area (Å²) in [5.74, 6) is -0.643. The molecule has 1 amide bonds. The van der Waals surface area contributed by atoms with Crippen molar-refractivity contribution in [1.29, 1.82) is 0 Å². The van der Waals surface area contributed by atoms with Crippen molar-refractivity contribution in [3.8, 4) is 0 Å². The highest BCUT2D eigenvalue weighted by Crippen LogP contribution is 2.19. The summed E-state index contributed by atoms with van der Waals surface area (Å²) in [7, 11) is 0. The molecule has 2 rings (SSSR count). The fraction of sp³-hybridized carbons (Fsp3) is 0.353. The lowest BCUT2D eigenvalue weighted by Gasteiger charge is -2.23. The summed E-state index contributed by atoms with van der Waals surface area (Å²) in [4.78, 5) is 23.6. The molecule has 0 bridgehead atoms. The molecule has 0 aromatic heterocycles. The second-order valence-corrected chi connectivity index (χ2v) is 5.20. The Morgan fingerprint density at radius 2 is 2.00 bits per heavy atom. The Morgan fingerprint density at radius 3 is 2.64 bits per heavy atom. The number of carbonyl (C=O) groups excluding carboxylic acids is 2. The lowest BCUT2D eigenvalue weighted by Crippen LogP contribution is -2.36. The first-order chi connectivity index (χ1) is 10.5. The second kappa shape index (κ2) is 7.02. The third kappa shape index (κ3) is 4.04. The van der Waals surface area contributed by atoms with Gasteiger partial charge in [-0.25, -0.2) is 5.01 Å². The van der Waals surface area contributed by atoms with Crippen LogP contribution in [0.1, 0.15) is 31.4 Å². The van der Waals surface area contributed by atoms with Gasteiger partial charge in [-0.15, -0.1) is 0 Å². The number of amides is 1. The highest BCUT2D eigenvalue weighted by molar-refractivity contribution is 6.08. The monoisotopic (exact) mass is 300 g/mol. The van der Waals surface area contributed by atoms with Crippen molar-refractivity contribution < 1.29 is 14.3 Å². The number of aryl methyl sites for hydroxylation is 1. The molecular formula is C17H20N2O3. The van der Waals surface area contributed by atoms with Crippen LogP contribution in [0.15, 0.2) is 34.9 Å². The van der Waals surface area contributed by atoms with E-state index in [1.807, 2.05) is 44.2 Å². The maximum absolute atomic E-state index is 12.1. The first kappa shape index (κ1) is 15.9. The Morgan fingerprint density at radius 1 is 1.32 bits per heavy atom. The molecule has 116 valence electrons. The summed E-state index contributed by atoms with van der Waals surface area (Å²) in [6.45, 7) is 5.75. The van der Waals surface area contributed by atoms with Gasteiger partial charge in [-0.1, -0.05) is 29.8 Å². The molecule has 0 spiro atoms. The normalized spacial score (nSPS) is 16.7. The standard InChI is InChI=1S/C17H20N2O3/c1-4-22-17(21)11-19-16(20)10-15(13(3)18-19)9-14-7-5-12(2)6-8-14/h5-9H,4,10-11H2,1-3H3/b15-9+. The summed E-state index contributed by atoms with van der Waals surface area (Å²) in [5.41, 5.74) is 3.83. The average Bonchev–Trinajstić information content (AvgIpc) is 2.47. The van der Waals surface area contributed by atoms with E-state index in [1.54, 1.807) is 6.92 Å². The van der Waals surface area contributed by atoms with Gasteiger partial charge in [-0.05, 0) is 38.0 Å². The van der Waals surface area contributed by atoms with Crippen LogP contribution in [0.2, 0.25) is 0 Å². The largest absolute Gasteiger partial charge is 0.465 e. The van der Waals surface area contributed by atoms with E-state index in [0.29, 0.717) is 6.61 Å². The van der Waals surface area contributed by atoms with Crippen LogP contribution in [-0.2, 0) is 14.3 Å². The van der Waals surface area contributed by atoms with Gasteiger partial charge in [-0.2, -0.15) is 5.10 Å². The van der Waals surface area contributed by atoms with Crippen LogP contribution in [-0.4, -0.2) is 35.7 Å². The first-order valence-electron chi connectivity index (χ1n) is 7.28. The zero-order valence-electron chi connectivity index (χ0n) is 13.1. The van der Waals surface area contributed by atoms with Crippen LogP contribution in [0.25, 0.3) is 6.08 Å². The number of rotatable bonds is 4. The molecule has 1 aromatic rings. The van der Waals surface area contributed by atoms with Gasteiger partial charge in [-0.3, -0.25) is 9.59 Å². The second-order valence-electron chi connectivity index (χ2n) is 5.20. The molecule has 0 atom stereocenters. The predicted molar refractivity (Wildman–Crippen MR) is 85.2 cm³/mol. The minimum absolute atomic E-state index is 0.137. The van der Waals surface area contributed by atoms with E-state index in [1.165, 1.54) is 10.6 Å². The number of carbonyl (C=O) groups is 2.